The Hall–Kier alpha value is -2.23. The molecule has 1 aliphatic rings. The topological polar surface area (TPSA) is 30.5 Å². The standard InChI is InChI=1S/C18H20FNO2/c1-12-4-6-16(15(19)10-12)20-13(2)14-5-7-17-18(11-14)22-9-3-8-21-17/h4-7,10-11,13,20H,3,8-9H2,1-2H3. The molecule has 3 nitrogen and oxygen atoms in total. The Morgan fingerprint density at radius 1 is 1.05 bits per heavy atom. The van der Waals surface area contributed by atoms with Crippen molar-refractivity contribution in [2.45, 2.75) is 26.3 Å². The van der Waals surface area contributed by atoms with Crippen molar-refractivity contribution >= 4 is 5.69 Å². The first-order valence-electron chi connectivity index (χ1n) is 7.56. The molecule has 0 aromatic heterocycles. The van der Waals surface area contributed by atoms with Crippen molar-refractivity contribution < 1.29 is 13.9 Å². The number of rotatable bonds is 3. The van der Waals surface area contributed by atoms with E-state index in [4.69, 9.17) is 9.47 Å². The Labute approximate surface area is 130 Å². The second-order valence-electron chi connectivity index (χ2n) is 5.61. The summed E-state index contributed by atoms with van der Waals surface area (Å²) in [5, 5.41) is 3.20. The minimum Gasteiger partial charge on any atom is -0.490 e. The van der Waals surface area contributed by atoms with Gasteiger partial charge in [-0.15, -0.1) is 0 Å². The lowest BCUT2D eigenvalue weighted by atomic mass is 10.1. The van der Waals surface area contributed by atoms with E-state index in [-0.39, 0.29) is 11.9 Å². The Morgan fingerprint density at radius 2 is 1.82 bits per heavy atom. The average Bonchev–Trinajstić information content (AvgIpc) is 2.74. The fraction of sp³-hybridized carbons (Fsp3) is 0.333. The third kappa shape index (κ3) is 3.16. The number of fused-ring (bicyclic) bond motifs is 1. The molecule has 2 aromatic carbocycles. The van der Waals surface area contributed by atoms with E-state index in [0.29, 0.717) is 18.9 Å². The monoisotopic (exact) mass is 301 g/mol. The number of aryl methyl sites for hydroxylation is 1. The molecule has 0 saturated heterocycles. The van der Waals surface area contributed by atoms with E-state index < -0.39 is 0 Å². The molecule has 1 unspecified atom stereocenters. The summed E-state index contributed by atoms with van der Waals surface area (Å²) >= 11 is 0. The molecule has 116 valence electrons. The largest absolute Gasteiger partial charge is 0.490 e. The number of halogens is 1. The van der Waals surface area contributed by atoms with E-state index in [1.807, 2.05) is 38.1 Å². The third-order valence-electron chi connectivity index (χ3n) is 3.77. The molecule has 0 amide bonds. The SMILES string of the molecule is Cc1ccc(NC(C)c2ccc3c(c2)OCCCO3)c(F)c1. The number of nitrogens with one attached hydrogen (secondary N) is 1. The van der Waals surface area contributed by atoms with E-state index in [2.05, 4.69) is 5.32 Å². The lowest BCUT2D eigenvalue weighted by Gasteiger charge is -2.18. The molecule has 0 spiro atoms. The zero-order valence-electron chi connectivity index (χ0n) is 12.9. The summed E-state index contributed by atoms with van der Waals surface area (Å²) in [7, 11) is 0. The Kier molecular flexibility index (Phi) is 4.18. The maximum atomic E-state index is 13.9. The Morgan fingerprint density at radius 3 is 2.59 bits per heavy atom. The number of ether oxygens (including phenoxy) is 2. The lowest BCUT2D eigenvalue weighted by Crippen LogP contribution is -2.08. The normalized spacial score (nSPS) is 15.0. The van der Waals surface area contributed by atoms with E-state index in [0.717, 1.165) is 29.0 Å². The smallest absolute Gasteiger partial charge is 0.161 e. The van der Waals surface area contributed by atoms with E-state index in [1.165, 1.54) is 6.07 Å². The van der Waals surface area contributed by atoms with Crippen molar-refractivity contribution in [2.24, 2.45) is 0 Å². The van der Waals surface area contributed by atoms with Crippen LogP contribution in [0.25, 0.3) is 0 Å². The molecule has 0 bridgehead atoms. The number of anilines is 1. The predicted molar refractivity (Wildman–Crippen MR) is 85.2 cm³/mol. The number of hydrogen-bond acceptors (Lipinski definition) is 3. The van der Waals surface area contributed by atoms with Crippen LogP contribution >= 0.6 is 0 Å². The predicted octanol–water partition coefficient (Wildman–Crippen LogP) is 4.47. The highest BCUT2D eigenvalue weighted by molar-refractivity contribution is 5.50. The van der Waals surface area contributed by atoms with Crippen LogP contribution in [0, 0.1) is 12.7 Å². The van der Waals surface area contributed by atoms with Gasteiger partial charge in [0, 0.05) is 12.5 Å². The minimum absolute atomic E-state index is 0.0330. The highest BCUT2D eigenvalue weighted by Crippen LogP contribution is 2.33. The van der Waals surface area contributed by atoms with Gasteiger partial charge < -0.3 is 14.8 Å². The maximum absolute atomic E-state index is 13.9. The fourth-order valence-electron chi connectivity index (χ4n) is 2.50. The molecule has 0 aliphatic carbocycles. The second kappa shape index (κ2) is 6.26. The quantitative estimate of drug-likeness (QED) is 0.907. The van der Waals surface area contributed by atoms with Crippen LogP contribution in [0.2, 0.25) is 0 Å². The van der Waals surface area contributed by atoms with Crippen LogP contribution in [0.3, 0.4) is 0 Å². The molecular weight excluding hydrogens is 281 g/mol. The molecule has 2 aromatic rings. The van der Waals surface area contributed by atoms with Gasteiger partial charge in [0.2, 0.25) is 0 Å². The molecule has 0 saturated carbocycles. The zero-order valence-corrected chi connectivity index (χ0v) is 12.9. The third-order valence-corrected chi connectivity index (χ3v) is 3.77. The van der Waals surface area contributed by atoms with E-state index >= 15 is 0 Å². The summed E-state index contributed by atoms with van der Waals surface area (Å²) in [5.41, 5.74) is 2.45. The van der Waals surface area contributed by atoms with Crippen LogP contribution < -0.4 is 14.8 Å². The van der Waals surface area contributed by atoms with Crippen molar-refractivity contribution in [2.75, 3.05) is 18.5 Å². The second-order valence-corrected chi connectivity index (χ2v) is 5.61. The van der Waals surface area contributed by atoms with E-state index in [1.54, 1.807) is 6.07 Å². The first kappa shape index (κ1) is 14.7. The summed E-state index contributed by atoms with van der Waals surface area (Å²) in [6.45, 7) is 5.21. The van der Waals surface area contributed by atoms with Gasteiger partial charge in [-0.25, -0.2) is 4.39 Å². The van der Waals surface area contributed by atoms with Crippen molar-refractivity contribution in [3.05, 3.63) is 53.3 Å². The van der Waals surface area contributed by atoms with Gasteiger partial charge in [0.15, 0.2) is 11.5 Å². The number of hydrogen-bond donors (Lipinski definition) is 1. The van der Waals surface area contributed by atoms with E-state index in [9.17, 15) is 4.39 Å². The summed E-state index contributed by atoms with van der Waals surface area (Å²) in [6.07, 6.45) is 0.881. The van der Waals surface area contributed by atoms with Gasteiger partial charge in [-0.3, -0.25) is 0 Å². The molecule has 1 atom stereocenters. The summed E-state index contributed by atoms with van der Waals surface area (Å²) < 4.78 is 25.3. The highest BCUT2D eigenvalue weighted by atomic mass is 19.1. The van der Waals surface area contributed by atoms with Crippen molar-refractivity contribution in [3.8, 4) is 11.5 Å². The van der Waals surface area contributed by atoms with Crippen LogP contribution in [0.15, 0.2) is 36.4 Å². The van der Waals surface area contributed by atoms with Gasteiger partial charge in [0.05, 0.1) is 18.9 Å². The molecule has 3 rings (SSSR count). The van der Waals surface area contributed by atoms with Crippen molar-refractivity contribution in [1.29, 1.82) is 0 Å². The fourth-order valence-corrected chi connectivity index (χ4v) is 2.50. The number of benzene rings is 2. The van der Waals surface area contributed by atoms with Crippen LogP contribution in [-0.2, 0) is 0 Å². The molecule has 1 heterocycles. The Bertz CT molecular complexity index is 672. The van der Waals surface area contributed by atoms with Gasteiger partial charge in [-0.05, 0) is 49.2 Å². The van der Waals surface area contributed by atoms with Gasteiger partial charge >= 0.3 is 0 Å². The minimum atomic E-state index is -0.235. The summed E-state index contributed by atoms with van der Waals surface area (Å²) in [5.74, 6) is 1.30. The molecule has 1 aliphatic heterocycles. The Balaban J connectivity index is 1.80. The lowest BCUT2D eigenvalue weighted by molar-refractivity contribution is 0.297. The van der Waals surface area contributed by atoms with Crippen LogP contribution in [0.1, 0.15) is 30.5 Å². The summed E-state index contributed by atoms with van der Waals surface area (Å²) in [4.78, 5) is 0. The molecular formula is C18H20FNO2. The van der Waals surface area contributed by atoms with Crippen LogP contribution in [0.5, 0.6) is 11.5 Å². The first-order valence-corrected chi connectivity index (χ1v) is 7.56. The maximum Gasteiger partial charge on any atom is 0.161 e. The van der Waals surface area contributed by atoms with Crippen molar-refractivity contribution in [3.63, 3.8) is 0 Å². The van der Waals surface area contributed by atoms with Gasteiger partial charge in [-0.1, -0.05) is 12.1 Å². The summed E-state index contributed by atoms with van der Waals surface area (Å²) in [6, 6.07) is 11.0. The average molecular weight is 301 g/mol. The molecule has 0 fully saturated rings. The van der Waals surface area contributed by atoms with Crippen LogP contribution in [0.4, 0.5) is 10.1 Å². The molecule has 22 heavy (non-hydrogen) atoms. The molecule has 4 heteroatoms. The molecule has 1 N–H and O–H groups in total. The van der Waals surface area contributed by atoms with Crippen LogP contribution in [-0.4, -0.2) is 13.2 Å². The first-order chi connectivity index (χ1) is 10.6. The zero-order chi connectivity index (χ0) is 15.5. The van der Waals surface area contributed by atoms with Gasteiger partial charge in [0.25, 0.3) is 0 Å². The van der Waals surface area contributed by atoms with Crippen molar-refractivity contribution in [1.82, 2.24) is 0 Å². The molecule has 0 radical (unpaired) electrons. The van der Waals surface area contributed by atoms with Gasteiger partial charge in [0.1, 0.15) is 5.82 Å². The highest BCUT2D eigenvalue weighted by Gasteiger charge is 2.14. The van der Waals surface area contributed by atoms with Gasteiger partial charge in [-0.2, -0.15) is 0 Å².